The van der Waals surface area contributed by atoms with Gasteiger partial charge in [-0.05, 0) is 39.9 Å². The summed E-state index contributed by atoms with van der Waals surface area (Å²) in [6.45, 7) is 6.19. The summed E-state index contributed by atoms with van der Waals surface area (Å²) in [4.78, 5) is 31.3. The zero-order chi connectivity index (χ0) is 18.6. The van der Waals surface area contributed by atoms with Crippen LogP contribution in [0.15, 0.2) is 24.3 Å². The second kappa shape index (κ2) is 8.48. The van der Waals surface area contributed by atoms with Crippen molar-refractivity contribution < 1.29 is 9.59 Å². The number of carbonyl (C=O) groups excluding carboxylic acids is 2. The van der Waals surface area contributed by atoms with Crippen molar-refractivity contribution in [2.24, 2.45) is 5.92 Å². The van der Waals surface area contributed by atoms with Crippen LogP contribution in [-0.2, 0) is 9.59 Å². The van der Waals surface area contributed by atoms with Gasteiger partial charge in [-0.1, -0.05) is 29.8 Å². The summed E-state index contributed by atoms with van der Waals surface area (Å²) in [5.74, 6) is 0.110. The third-order valence-corrected chi connectivity index (χ3v) is 5.04. The largest absolute Gasteiger partial charge is 0.344 e. The number of benzene rings is 1. The third-order valence-electron chi connectivity index (χ3n) is 5.04. The fraction of sp³-hybridized carbons (Fsp3) is 0.600. The molecule has 138 valence electrons. The van der Waals surface area contributed by atoms with Gasteiger partial charge in [0.15, 0.2) is 0 Å². The van der Waals surface area contributed by atoms with Crippen LogP contribution < -0.4 is 0 Å². The number of hydrogen-bond acceptors (Lipinski definition) is 3. The first-order valence-electron chi connectivity index (χ1n) is 9.10. The number of nitrogens with zero attached hydrogens (tertiary/aromatic N) is 3. The van der Waals surface area contributed by atoms with Crippen molar-refractivity contribution >= 4 is 11.8 Å². The predicted molar refractivity (Wildman–Crippen MR) is 100 cm³/mol. The summed E-state index contributed by atoms with van der Waals surface area (Å²) in [6.07, 6.45) is 1.08. The van der Waals surface area contributed by atoms with Gasteiger partial charge in [-0.15, -0.1) is 0 Å². The van der Waals surface area contributed by atoms with E-state index in [2.05, 4.69) is 29.2 Å². The Bertz CT molecular complexity index is 597. The quantitative estimate of drug-likeness (QED) is 0.795. The number of likely N-dealkylation sites (N-methyl/N-ethyl adjacent to an activating group) is 2. The molecule has 5 nitrogen and oxygen atoms in total. The zero-order valence-corrected chi connectivity index (χ0v) is 16.2. The first-order valence-corrected chi connectivity index (χ1v) is 9.10. The summed E-state index contributed by atoms with van der Waals surface area (Å²) in [5, 5.41) is 0. The Hall–Kier alpha value is -1.88. The van der Waals surface area contributed by atoms with Gasteiger partial charge in [-0.3, -0.25) is 9.59 Å². The minimum absolute atomic E-state index is 0.137. The molecule has 1 saturated heterocycles. The van der Waals surface area contributed by atoms with Crippen LogP contribution in [0.3, 0.4) is 0 Å². The fourth-order valence-electron chi connectivity index (χ4n) is 3.50. The van der Waals surface area contributed by atoms with Gasteiger partial charge in [0, 0.05) is 33.1 Å². The van der Waals surface area contributed by atoms with Gasteiger partial charge in [0.05, 0.1) is 12.0 Å². The van der Waals surface area contributed by atoms with Crippen molar-refractivity contribution in [3.63, 3.8) is 0 Å². The van der Waals surface area contributed by atoms with Gasteiger partial charge in [0.25, 0.3) is 0 Å². The van der Waals surface area contributed by atoms with Crippen molar-refractivity contribution in [1.82, 2.24) is 14.7 Å². The molecule has 1 aliphatic rings. The van der Waals surface area contributed by atoms with E-state index in [1.807, 2.05) is 44.8 Å². The Labute approximate surface area is 151 Å². The van der Waals surface area contributed by atoms with Crippen LogP contribution in [0.4, 0.5) is 0 Å². The smallest absolute Gasteiger partial charge is 0.227 e. The monoisotopic (exact) mass is 345 g/mol. The molecule has 0 saturated carbocycles. The molecule has 5 heteroatoms. The lowest BCUT2D eigenvalue weighted by molar-refractivity contribution is -0.147. The van der Waals surface area contributed by atoms with Crippen LogP contribution in [-0.4, -0.2) is 67.3 Å². The van der Waals surface area contributed by atoms with Crippen LogP contribution in [0.2, 0.25) is 0 Å². The number of piperidine rings is 1. The van der Waals surface area contributed by atoms with Gasteiger partial charge in [0.1, 0.15) is 0 Å². The Morgan fingerprint density at radius 2 is 1.80 bits per heavy atom. The van der Waals surface area contributed by atoms with E-state index in [-0.39, 0.29) is 23.8 Å². The second-order valence-corrected chi connectivity index (χ2v) is 7.24. The molecule has 1 heterocycles. The highest BCUT2D eigenvalue weighted by atomic mass is 16.2. The van der Waals surface area contributed by atoms with E-state index in [0.29, 0.717) is 25.9 Å². The maximum atomic E-state index is 13.1. The number of hydrogen-bond donors (Lipinski definition) is 0. The summed E-state index contributed by atoms with van der Waals surface area (Å²) in [6, 6.07) is 8.06. The molecule has 0 bridgehead atoms. The average molecular weight is 345 g/mol. The highest BCUT2D eigenvalue weighted by Crippen LogP contribution is 2.37. The molecular weight excluding hydrogens is 314 g/mol. The van der Waals surface area contributed by atoms with E-state index in [1.165, 1.54) is 5.56 Å². The summed E-state index contributed by atoms with van der Waals surface area (Å²) >= 11 is 0. The first kappa shape index (κ1) is 19.4. The number of rotatable bonds is 6. The second-order valence-electron chi connectivity index (χ2n) is 7.24. The van der Waals surface area contributed by atoms with E-state index in [9.17, 15) is 9.59 Å². The van der Waals surface area contributed by atoms with E-state index in [4.69, 9.17) is 0 Å². The van der Waals surface area contributed by atoms with Crippen LogP contribution in [0.5, 0.6) is 0 Å². The van der Waals surface area contributed by atoms with Crippen LogP contribution in [0, 0.1) is 12.8 Å². The minimum atomic E-state index is -0.174. The average Bonchev–Trinajstić information content (AvgIpc) is 2.59. The predicted octanol–water partition coefficient (Wildman–Crippen LogP) is 2.31. The molecule has 0 aromatic heterocycles. The van der Waals surface area contributed by atoms with Gasteiger partial charge in [-0.2, -0.15) is 0 Å². The molecule has 2 rings (SSSR count). The Balaban J connectivity index is 2.28. The lowest BCUT2D eigenvalue weighted by Crippen LogP contribution is -2.49. The van der Waals surface area contributed by atoms with Crippen molar-refractivity contribution in [1.29, 1.82) is 0 Å². The van der Waals surface area contributed by atoms with E-state index >= 15 is 0 Å². The Kier molecular flexibility index (Phi) is 6.59. The molecule has 0 radical (unpaired) electrons. The van der Waals surface area contributed by atoms with Gasteiger partial charge in [0.2, 0.25) is 11.8 Å². The zero-order valence-electron chi connectivity index (χ0n) is 16.2. The highest BCUT2D eigenvalue weighted by Gasteiger charge is 2.40. The van der Waals surface area contributed by atoms with E-state index in [0.717, 1.165) is 12.1 Å². The van der Waals surface area contributed by atoms with Crippen molar-refractivity contribution in [2.75, 3.05) is 40.8 Å². The van der Waals surface area contributed by atoms with E-state index < -0.39 is 0 Å². The van der Waals surface area contributed by atoms with Crippen molar-refractivity contribution in [2.45, 2.75) is 32.7 Å². The summed E-state index contributed by atoms with van der Waals surface area (Å²) in [7, 11) is 5.88. The Morgan fingerprint density at radius 1 is 1.16 bits per heavy atom. The molecule has 1 fully saturated rings. The van der Waals surface area contributed by atoms with Crippen molar-refractivity contribution in [3.8, 4) is 0 Å². The normalized spacial score (nSPS) is 20.9. The number of likely N-dealkylation sites (tertiary alicyclic amines) is 1. The van der Waals surface area contributed by atoms with E-state index in [1.54, 1.807) is 0 Å². The van der Waals surface area contributed by atoms with Crippen LogP contribution >= 0.6 is 0 Å². The number of aryl methyl sites for hydroxylation is 1. The topological polar surface area (TPSA) is 43.9 Å². The molecule has 1 aromatic rings. The van der Waals surface area contributed by atoms with Crippen molar-refractivity contribution in [3.05, 3.63) is 35.4 Å². The van der Waals surface area contributed by atoms with Gasteiger partial charge < -0.3 is 14.7 Å². The van der Waals surface area contributed by atoms with Crippen LogP contribution in [0.1, 0.15) is 36.9 Å². The van der Waals surface area contributed by atoms with Gasteiger partial charge >= 0.3 is 0 Å². The summed E-state index contributed by atoms with van der Waals surface area (Å²) in [5.41, 5.74) is 2.24. The Morgan fingerprint density at radius 3 is 2.36 bits per heavy atom. The van der Waals surface area contributed by atoms with Gasteiger partial charge in [-0.25, -0.2) is 0 Å². The molecule has 25 heavy (non-hydrogen) atoms. The first-order chi connectivity index (χ1) is 11.8. The molecule has 1 aromatic carbocycles. The van der Waals surface area contributed by atoms with Crippen LogP contribution in [0.25, 0.3) is 0 Å². The number of amides is 2. The number of carbonyl (C=O) groups is 2. The summed E-state index contributed by atoms with van der Waals surface area (Å²) < 4.78 is 0. The molecule has 0 spiro atoms. The molecule has 0 aliphatic carbocycles. The molecule has 2 atom stereocenters. The highest BCUT2D eigenvalue weighted by molar-refractivity contribution is 5.85. The maximum absolute atomic E-state index is 13.1. The molecule has 0 N–H and O–H groups in total. The lowest BCUT2D eigenvalue weighted by atomic mass is 9.83. The maximum Gasteiger partial charge on any atom is 0.227 e. The lowest BCUT2D eigenvalue weighted by Gasteiger charge is -2.41. The molecule has 0 unspecified atom stereocenters. The molecule has 1 aliphatic heterocycles. The molecule has 2 amide bonds. The fourth-order valence-corrected chi connectivity index (χ4v) is 3.50. The SMILES string of the molecule is CCN1C(=O)CC[C@@H](C(=O)N(C)CCN(C)C)[C@@H]1c1ccc(C)cc1. The molecular formula is C20H31N3O2. The third kappa shape index (κ3) is 4.60. The standard InChI is InChI=1S/C20H31N3O2/c1-6-23-18(24)12-11-17(20(25)22(5)14-13-21(3)4)19(23)16-9-7-15(2)8-10-16/h7-10,17,19H,6,11-14H2,1-5H3/t17-,19+/m1/s1. The minimum Gasteiger partial charge on any atom is -0.344 e.